The van der Waals surface area contributed by atoms with Gasteiger partial charge in [0.15, 0.2) is 0 Å². The van der Waals surface area contributed by atoms with E-state index in [1.54, 1.807) is 0 Å². The molecule has 0 bridgehead atoms. The zero-order valence-corrected chi connectivity index (χ0v) is 5.89. The molecule has 4 nitrogen and oxygen atoms in total. The van der Waals surface area contributed by atoms with Gasteiger partial charge in [-0.05, 0) is 0 Å². The van der Waals surface area contributed by atoms with Gasteiger partial charge in [0.25, 0.3) is 0 Å². The van der Waals surface area contributed by atoms with E-state index in [-0.39, 0.29) is 0 Å². The minimum Gasteiger partial charge on any atom is -0.480 e. The molecule has 1 saturated heterocycles. The number of hydrogen-bond acceptors (Lipinski definition) is 4. The van der Waals surface area contributed by atoms with Crippen molar-refractivity contribution >= 4 is 23.1 Å². The summed E-state index contributed by atoms with van der Waals surface area (Å²) in [6, 6.07) is -0.910. The first-order chi connectivity index (χ1) is 4.63. The van der Waals surface area contributed by atoms with Gasteiger partial charge < -0.3 is 10.2 Å². The van der Waals surface area contributed by atoms with E-state index in [0.29, 0.717) is 11.4 Å². The second kappa shape index (κ2) is 2.61. The third-order valence-electron chi connectivity index (χ3n) is 1.41. The fourth-order valence-corrected chi connectivity index (χ4v) is 1.05. The Balaban J connectivity index is 2.66. The van der Waals surface area contributed by atoms with Gasteiger partial charge in [0.05, 0.1) is 0 Å². The maximum atomic E-state index is 10.3. The second-order valence-electron chi connectivity index (χ2n) is 2.11. The topological polar surface area (TPSA) is 69.6 Å². The minimum atomic E-state index is -1.06. The summed E-state index contributed by atoms with van der Waals surface area (Å²) < 4.78 is 0. The standard InChI is InChI=1S/C5H7NO3S/c7-4-2(10)1-6-3(4)5(8)9/h3-4,6-7H,1H2,(H,8,9)/t3-,4?/m0/s1. The average Bonchev–Trinajstić information content (AvgIpc) is 2.14. The number of rotatable bonds is 1. The van der Waals surface area contributed by atoms with Gasteiger partial charge in [-0.15, -0.1) is 0 Å². The van der Waals surface area contributed by atoms with Gasteiger partial charge in [-0.3, -0.25) is 10.1 Å². The van der Waals surface area contributed by atoms with Crippen LogP contribution < -0.4 is 5.32 Å². The smallest absolute Gasteiger partial charge is 0.323 e. The third kappa shape index (κ3) is 1.16. The molecule has 0 radical (unpaired) electrons. The van der Waals surface area contributed by atoms with Crippen LogP contribution >= 0.6 is 12.2 Å². The molecule has 3 N–H and O–H groups in total. The molecule has 0 amide bonds. The number of aliphatic hydroxyl groups excluding tert-OH is 1. The summed E-state index contributed by atoms with van der Waals surface area (Å²) in [5.41, 5.74) is 0. The number of aliphatic carboxylic acids is 1. The maximum Gasteiger partial charge on any atom is 0.323 e. The molecule has 1 fully saturated rings. The zero-order chi connectivity index (χ0) is 7.72. The number of carboxylic acid groups (broad SMARTS) is 1. The summed E-state index contributed by atoms with van der Waals surface area (Å²) in [7, 11) is 0. The van der Waals surface area contributed by atoms with Crippen LogP contribution in [0.25, 0.3) is 0 Å². The molecule has 1 aliphatic heterocycles. The van der Waals surface area contributed by atoms with E-state index in [9.17, 15) is 4.79 Å². The number of hydrogen-bond donors (Lipinski definition) is 3. The van der Waals surface area contributed by atoms with Gasteiger partial charge in [0, 0.05) is 11.4 Å². The van der Waals surface area contributed by atoms with E-state index in [1.165, 1.54) is 0 Å². The Morgan fingerprint density at radius 1 is 1.80 bits per heavy atom. The number of nitrogens with one attached hydrogen (secondary N) is 1. The molecule has 56 valence electrons. The summed E-state index contributed by atoms with van der Waals surface area (Å²) in [4.78, 5) is 10.6. The molecule has 0 aromatic rings. The highest BCUT2D eigenvalue weighted by Gasteiger charge is 2.34. The Morgan fingerprint density at radius 2 is 2.40 bits per heavy atom. The molecule has 1 heterocycles. The van der Waals surface area contributed by atoms with E-state index >= 15 is 0 Å². The molecular weight excluding hydrogens is 154 g/mol. The Labute approximate surface area is 62.9 Å². The van der Waals surface area contributed by atoms with Gasteiger partial charge in [0.2, 0.25) is 0 Å². The minimum absolute atomic E-state index is 0.313. The second-order valence-corrected chi connectivity index (χ2v) is 2.63. The van der Waals surface area contributed by atoms with Gasteiger partial charge in [0.1, 0.15) is 12.1 Å². The molecule has 1 aliphatic rings. The van der Waals surface area contributed by atoms with E-state index in [2.05, 4.69) is 17.5 Å². The lowest BCUT2D eigenvalue weighted by molar-refractivity contribution is -0.140. The highest BCUT2D eigenvalue weighted by molar-refractivity contribution is 7.80. The molecule has 0 spiro atoms. The van der Waals surface area contributed by atoms with Crippen molar-refractivity contribution in [1.82, 2.24) is 5.32 Å². The quantitative estimate of drug-likeness (QED) is 0.420. The van der Waals surface area contributed by atoms with Crippen molar-refractivity contribution in [2.75, 3.05) is 6.54 Å². The summed E-state index contributed by atoms with van der Waals surface area (Å²) in [5.74, 6) is -1.06. The molecule has 2 atom stereocenters. The van der Waals surface area contributed by atoms with Crippen LogP contribution in [0.2, 0.25) is 0 Å². The van der Waals surface area contributed by atoms with E-state index in [4.69, 9.17) is 10.2 Å². The SMILES string of the molecule is O=C(O)[C@H]1NCC(=S)C1O. The lowest BCUT2D eigenvalue weighted by atomic mass is 10.2. The van der Waals surface area contributed by atoms with Crippen molar-refractivity contribution in [2.24, 2.45) is 0 Å². The summed E-state index contributed by atoms with van der Waals surface area (Å²) in [5, 5.41) is 20.0. The number of aliphatic hydroxyl groups is 1. The van der Waals surface area contributed by atoms with Crippen LogP contribution in [0.1, 0.15) is 0 Å². The average molecular weight is 161 g/mol. The molecule has 0 aliphatic carbocycles. The fourth-order valence-electron chi connectivity index (χ4n) is 0.835. The van der Waals surface area contributed by atoms with Crippen molar-refractivity contribution in [3.63, 3.8) is 0 Å². The first kappa shape index (κ1) is 7.59. The molecule has 1 unspecified atom stereocenters. The molecule has 0 aromatic heterocycles. The Bertz CT molecular complexity index is 182. The Kier molecular flexibility index (Phi) is 1.98. The van der Waals surface area contributed by atoms with Crippen molar-refractivity contribution < 1.29 is 15.0 Å². The highest BCUT2D eigenvalue weighted by Crippen LogP contribution is 2.04. The Hall–Kier alpha value is -0.520. The van der Waals surface area contributed by atoms with Gasteiger partial charge >= 0.3 is 5.97 Å². The van der Waals surface area contributed by atoms with Crippen molar-refractivity contribution in [1.29, 1.82) is 0 Å². The first-order valence-corrected chi connectivity index (χ1v) is 3.20. The molecule has 5 heteroatoms. The van der Waals surface area contributed by atoms with Crippen LogP contribution in [0.15, 0.2) is 0 Å². The molecule has 0 saturated carbocycles. The fraction of sp³-hybridized carbons (Fsp3) is 0.600. The number of carboxylic acids is 1. The lowest BCUT2D eigenvalue weighted by Crippen LogP contribution is -2.38. The maximum absolute atomic E-state index is 10.3. The van der Waals surface area contributed by atoms with Crippen LogP contribution in [-0.4, -0.2) is 39.7 Å². The van der Waals surface area contributed by atoms with Crippen molar-refractivity contribution in [2.45, 2.75) is 12.1 Å². The normalized spacial score (nSPS) is 32.7. The number of thiocarbonyl (C=S) groups is 1. The van der Waals surface area contributed by atoms with Gasteiger partial charge in [-0.1, -0.05) is 12.2 Å². The van der Waals surface area contributed by atoms with Crippen LogP contribution in [0, 0.1) is 0 Å². The number of carbonyl (C=O) groups is 1. The Morgan fingerprint density at radius 3 is 2.60 bits per heavy atom. The third-order valence-corrected chi connectivity index (χ3v) is 1.79. The highest BCUT2D eigenvalue weighted by atomic mass is 32.1. The summed E-state index contributed by atoms with van der Waals surface area (Å²) in [6.45, 7) is 0.313. The van der Waals surface area contributed by atoms with Crippen LogP contribution in [0.5, 0.6) is 0 Å². The molecule has 1 rings (SSSR count). The van der Waals surface area contributed by atoms with E-state index in [1.807, 2.05) is 0 Å². The first-order valence-electron chi connectivity index (χ1n) is 2.80. The van der Waals surface area contributed by atoms with E-state index in [0.717, 1.165) is 0 Å². The van der Waals surface area contributed by atoms with Crippen molar-refractivity contribution in [3.8, 4) is 0 Å². The van der Waals surface area contributed by atoms with Crippen LogP contribution in [0.3, 0.4) is 0 Å². The van der Waals surface area contributed by atoms with Crippen molar-refractivity contribution in [3.05, 3.63) is 0 Å². The van der Waals surface area contributed by atoms with Gasteiger partial charge in [-0.2, -0.15) is 0 Å². The van der Waals surface area contributed by atoms with Gasteiger partial charge in [-0.25, -0.2) is 0 Å². The summed E-state index contributed by atoms with van der Waals surface area (Å²) in [6.07, 6.45) is -1.01. The summed E-state index contributed by atoms with van der Waals surface area (Å²) >= 11 is 4.66. The molecule has 10 heavy (non-hydrogen) atoms. The predicted molar refractivity (Wildman–Crippen MR) is 38.0 cm³/mol. The van der Waals surface area contributed by atoms with Crippen LogP contribution in [0.4, 0.5) is 0 Å². The lowest BCUT2D eigenvalue weighted by Gasteiger charge is -2.06. The molecular formula is C5H7NO3S. The largest absolute Gasteiger partial charge is 0.480 e. The van der Waals surface area contributed by atoms with Crippen LogP contribution in [-0.2, 0) is 4.79 Å². The van der Waals surface area contributed by atoms with E-state index < -0.39 is 18.1 Å². The predicted octanol–water partition coefficient (Wildman–Crippen LogP) is -1.23. The monoisotopic (exact) mass is 161 g/mol. The zero-order valence-electron chi connectivity index (χ0n) is 5.07. The molecule has 0 aromatic carbocycles.